The van der Waals surface area contributed by atoms with Crippen LogP contribution >= 0.6 is 15.9 Å². The van der Waals surface area contributed by atoms with E-state index in [2.05, 4.69) is 64.5 Å². The molecule has 2 nitrogen and oxygen atoms in total. The Hall–Kier alpha value is -2.39. The molecule has 0 aromatic heterocycles. The predicted octanol–water partition coefficient (Wildman–Crippen LogP) is 6.10. The van der Waals surface area contributed by atoms with Crippen LogP contribution in [0, 0.1) is 0 Å². The van der Waals surface area contributed by atoms with Gasteiger partial charge in [0.05, 0.1) is 7.11 Å². The van der Waals surface area contributed by atoms with Crippen molar-refractivity contribution in [3.8, 4) is 0 Å². The lowest BCUT2D eigenvalue weighted by atomic mass is 9.88. The maximum Gasteiger partial charge on any atom is 0.330 e. The second kappa shape index (κ2) is 7.08. The van der Waals surface area contributed by atoms with Crippen molar-refractivity contribution < 1.29 is 9.53 Å². The Labute approximate surface area is 160 Å². The Morgan fingerprint density at radius 2 is 1.77 bits per heavy atom. The highest BCUT2D eigenvalue weighted by Gasteiger charge is 2.13. The maximum atomic E-state index is 11.7. The van der Waals surface area contributed by atoms with Gasteiger partial charge in [0, 0.05) is 11.4 Å². The number of rotatable bonds is 5. The van der Waals surface area contributed by atoms with Crippen molar-refractivity contribution >= 4 is 60.3 Å². The van der Waals surface area contributed by atoms with Crippen molar-refractivity contribution in [1.29, 1.82) is 0 Å². The topological polar surface area (TPSA) is 26.3 Å². The summed E-state index contributed by atoms with van der Waals surface area (Å²) in [6.07, 6.45) is 5.43. The number of esters is 1. The quantitative estimate of drug-likeness (QED) is 0.173. The highest BCUT2D eigenvalue weighted by Crippen LogP contribution is 2.38. The van der Waals surface area contributed by atoms with Gasteiger partial charge in [0.1, 0.15) is 0 Å². The lowest BCUT2D eigenvalue weighted by Crippen LogP contribution is -1.97. The summed E-state index contributed by atoms with van der Waals surface area (Å²) >= 11 is 3.53. The zero-order valence-corrected chi connectivity index (χ0v) is 16.2. The fourth-order valence-electron chi connectivity index (χ4n) is 3.77. The summed E-state index contributed by atoms with van der Waals surface area (Å²) in [5, 5.41) is 8.46. The maximum absolute atomic E-state index is 11.7. The average Bonchev–Trinajstić information content (AvgIpc) is 2.68. The standard InChI is InChI=1S/C23H19BrO2/c1-26-21(25)12-11-19-17(6-3-13-24)14-18-8-7-15-4-2-5-16-9-10-20(19)23(18)22(15)16/h2,4-5,7-12,14H,3,6,13H2,1H3/b12-11+. The van der Waals surface area contributed by atoms with Crippen LogP contribution in [0.2, 0.25) is 0 Å². The lowest BCUT2D eigenvalue weighted by Gasteiger charge is -2.16. The van der Waals surface area contributed by atoms with Gasteiger partial charge in [-0.05, 0) is 62.4 Å². The molecule has 26 heavy (non-hydrogen) atoms. The van der Waals surface area contributed by atoms with Crippen LogP contribution in [0.1, 0.15) is 17.5 Å². The molecule has 4 aromatic rings. The minimum Gasteiger partial charge on any atom is -0.466 e. The zero-order chi connectivity index (χ0) is 18.1. The van der Waals surface area contributed by atoms with Gasteiger partial charge in [-0.1, -0.05) is 64.5 Å². The van der Waals surface area contributed by atoms with Crippen LogP contribution in [0.5, 0.6) is 0 Å². The molecule has 0 amide bonds. The molecule has 0 saturated heterocycles. The molecule has 0 radical (unpaired) electrons. The minimum absolute atomic E-state index is 0.331. The van der Waals surface area contributed by atoms with Gasteiger partial charge < -0.3 is 4.74 Å². The first-order valence-corrected chi connectivity index (χ1v) is 9.86. The van der Waals surface area contributed by atoms with Gasteiger partial charge >= 0.3 is 5.97 Å². The summed E-state index contributed by atoms with van der Waals surface area (Å²) in [6, 6.07) is 17.4. The Kier molecular flexibility index (Phi) is 4.64. The van der Waals surface area contributed by atoms with Crippen molar-refractivity contribution in [1.82, 2.24) is 0 Å². The van der Waals surface area contributed by atoms with Gasteiger partial charge in [0.15, 0.2) is 0 Å². The molecule has 0 spiro atoms. The van der Waals surface area contributed by atoms with E-state index in [0.29, 0.717) is 0 Å². The fraction of sp³-hybridized carbons (Fsp3) is 0.174. The molecule has 0 heterocycles. The molecule has 130 valence electrons. The summed E-state index contributed by atoms with van der Waals surface area (Å²) in [5.41, 5.74) is 2.37. The summed E-state index contributed by atoms with van der Waals surface area (Å²) in [4.78, 5) is 11.7. The number of methoxy groups -OCH3 is 1. The number of ether oxygens (including phenoxy) is 1. The number of benzene rings is 4. The number of alkyl halides is 1. The van der Waals surface area contributed by atoms with E-state index >= 15 is 0 Å². The van der Waals surface area contributed by atoms with Crippen LogP contribution in [0.15, 0.2) is 54.6 Å². The van der Waals surface area contributed by atoms with Crippen LogP contribution in [-0.4, -0.2) is 18.4 Å². The van der Waals surface area contributed by atoms with E-state index in [1.165, 1.54) is 51.1 Å². The van der Waals surface area contributed by atoms with Crippen LogP contribution in [-0.2, 0) is 16.0 Å². The number of carbonyl (C=O) groups excluding carboxylic acids is 1. The molecular weight excluding hydrogens is 388 g/mol. The molecule has 0 fully saturated rings. The SMILES string of the molecule is COC(=O)/C=C/c1c(CCCBr)cc2ccc3cccc4ccc1c2c34. The van der Waals surface area contributed by atoms with Gasteiger partial charge in [0.2, 0.25) is 0 Å². The van der Waals surface area contributed by atoms with E-state index in [-0.39, 0.29) is 5.97 Å². The van der Waals surface area contributed by atoms with E-state index in [1.54, 1.807) is 0 Å². The normalized spacial score (nSPS) is 11.9. The summed E-state index contributed by atoms with van der Waals surface area (Å²) in [7, 11) is 1.41. The number of hydrogen-bond donors (Lipinski definition) is 0. The molecule has 0 saturated carbocycles. The van der Waals surface area contributed by atoms with E-state index < -0.39 is 0 Å². The molecular formula is C23H19BrO2. The Bertz CT molecular complexity index is 1110. The van der Waals surface area contributed by atoms with Crippen LogP contribution in [0.4, 0.5) is 0 Å². The molecule has 4 rings (SSSR count). The largest absolute Gasteiger partial charge is 0.466 e. The fourth-order valence-corrected chi connectivity index (χ4v) is 4.05. The number of halogens is 1. The Morgan fingerprint density at radius 3 is 2.50 bits per heavy atom. The third kappa shape index (κ3) is 2.86. The monoisotopic (exact) mass is 406 g/mol. The molecule has 0 atom stereocenters. The highest BCUT2D eigenvalue weighted by molar-refractivity contribution is 9.09. The average molecular weight is 407 g/mol. The van der Waals surface area contributed by atoms with Crippen molar-refractivity contribution in [3.63, 3.8) is 0 Å². The molecule has 4 aromatic carbocycles. The summed E-state index contributed by atoms with van der Waals surface area (Å²) in [5.74, 6) is -0.331. The Balaban J connectivity index is 2.06. The van der Waals surface area contributed by atoms with Crippen LogP contribution in [0.3, 0.4) is 0 Å². The summed E-state index contributed by atoms with van der Waals surface area (Å²) < 4.78 is 4.78. The van der Waals surface area contributed by atoms with Gasteiger partial charge in [-0.2, -0.15) is 0 Å². The molecule has 0 unspecified atom stereocenters. The number of aryl methyl sites for hydroxylation is 1. The molecule has 0 bridgehead atoms. The summed E-state index contributed by atoms with van der Waals surface area (Å²) in [6.45, 7) is 0. The lowest BCUT2D eigenvalue weighted by molar-refractivity contribution is -0.134. The highest BCUT2D eigenvalue weighted by atomic mass is 79.9. The third-order valence-corrected chi connectivity index (χ3v) is 5.50. The first kappa shape index (κ1) is 17.0. The second-order valence-electron chi connectivity index (χ2n) is 6.45. The van der Waals surface area contributed by atoms with Gasteiger partial charge in [0.25, 0.3) is 0 Å². The van der Waals surface area contributed by atoms with Crippen molar-refractivity contribution in [3.05, 3.63) is 65.7 Å². The van der Waals surface area contributed by atoms with Crippen molar-refractivity contribution in [2.75, 3.05) is 12.4 Å². The van der Waals surface area contributed by atoms with E-state index in [0.717, 1.165) is 23.7 Å². The van der Waals surface area contributed by atoms with Gasteiger partial charge in [-0.3, -0.25) is 0 Å². The van der Waals surface area contributed by atoms with Crippen molar-refractivity contribution in [2.45, 2.75) is 12.8 Å². The van der Waals surface area contributed by atoms with Crippen molar-refractivity contribution in [2.24, 2.45) is 0 Å². The smallest absolute Gasteiger partial charge is 0.330 e. The van der Waals surface area contributed by atoms with Crippen LogP contribution < -0.4 is 0 Å². The molecule has 3 heteroatoms. The molecule has 0 aliphatic heterocycles. The predicted molar refractivity (Wildman–Crippen MR) is 113 cm³/mol. The number of carbonyl (C=O) groups is 1. The van der Waals surface area contributed by atoms with E-state index in [4.69, 9.17) is 4.74 Å². The molecule has 0 aliphatic carbocycles. The molecule has 0 N–H and O–H groups in total. The van der Waals surface area contributed by atoms with Gasteiger partial charge in [-0.25, -0.2) is 4.79 Å². The minimum atomic E-state index is -0.331. The zero-order valence-electron chi connectivity index (χ0n) is 14.6. The van der Waals surface area contributed by atoms with Gasteiger partial charge in [-0.15, -0.1) is 0 Å². The van der Waals surface area contributed by atoms with Crippen LogP contribution in [0.25, 0.3) is 38.4 Å². The Morgan fingerprint density at radius 1 is 1.04 bits per heavy atom. The number of hydrogen-bond acceptors (Lipinski definition) is 2. The first-order valence-electron chi connectivity index (χ1n) is 8.74. The second-order valence-corrected chi connectivity index (χ2v) is 7.25. The first-order chi connectivity index (χ1) is 12.7. The third-order valence-electron chi connectivity index (χ3n) is 4.94. The molecule has 0 aliphatic rings. The van der Waals surface area contributed by atoms with E-state index in [9.17, 15) is 4.79 Å². The van der Waals surface area contributed by atoms with E-state index in [1.807, 2.05) is 6.08 Å².